The first kappa shape index (κ1) is 12.8. The van der Waals surface area contributed by atoms with Crippen molar-refractivity contribution in [2.45, 2.75) is 13.8 Å². The fourth-order valence-corrected chi connectivity index (χ4v) is 2.40. The molecule has 0 bridgehead atoms. The highest BCUT2D eigenvalue weighted by molar-refractivity contribution is 5.71. The first-order valence-corrected chi connectivity index (χ1v) is 7.10. The number of rotatable bonds is 1. The summed E-state index contributed by atoms with van der Waals surface area (Å²) < 4.78 is 11.3. The molecule has 110 valence electrons. The Morgan fingerprint density at radius 3 is 1.64 bits per heavy atom. The fraction of sp³-hybridized carbons (Fsp3) is 0.111. The second-order valence-electron chi connectivity index (χ2n) is 5.38. The van der Waals surface area contributed by atoms with Crippen molar-refractivity contribution in [1.82, 2.24) is 0 Å². The molecule has 2 aliphatic heterocycles. The van der Waals surface area contributed by atoms with E-state index in [0.29, 0.717) is 11.8 Å². The zero-order valence-corrected chi connectivity index (χ0v) is 12.3. The van der Waals surface area contributed by atoms with E-state index in [2.05, 4.69) is 10.6 Å². The van der Waals surface area contributed by atoms with Crippen molar-refractivity contribution in [2.24, 2.45) is 0 Å². The molecule has 0 saturated heterocycles. The Labute approximate surface area is 129 Å². The summed E-state index contributed by atoms with van der Waals surface area (Å²) in [4.78, 5) is 0. The molecule has 0 radical (unpaired) electrons. The van der Waals surface area contributed by atoms with Crippen molar-refractivity contribution in [1.29, 1.82) is 0 Å². The van der Waals surface area contributed by atoms with Crippen molar-refractivity contribution >= 4 is 11.4 Å². The Hall–Kier alpha value is -2.88. The van der Waals surface area contributed by atoms with Crippen LogP contribution in [0.25, 0.3) is 10.6 Å². The van der Waals surface area contributed by atoms with E-state index in [1.165, 1.54) is 0 Å². The van der Waals surface area contributed by atoms with Crippen LogP contribution in [0.4, 0.5) is 11.4 Å². The Morgan fingerprint density at radius 1 is 0.727 bits per heavy atom. The van der Waals surface area contributed by atoms with Crippen LogP contribution in [0.1, 0.15) is 11.1 Å². The van der Waals surface area contributed by atoms with Gasteiger partial charge in [0.15, 0.2) is 0 Å². The number of fused-ring (bicyclic) bond motifs is 2. The second-order valence-corrected chi connectivity index (χ2v) is 5.38. The third kappa shape index (κ3) is 2.29. The number of hydrogen-bond acceptors (Lipinski definition) is 2. The predicted octanol–water partition coefficient (Wildman–Crippen LogP) is 5.48. The summed E-state index contributed by atoms with van der Waals surface area (Å²) >= 11 is 0. The van der Waals surface area contributed by atoms with Crippen LogP contribution in [0.15, 0.2) is 60.3 Å². The zero-order chi connectivity index (χ0) is 15.1. The first-order valence-electron chi connectivity index (χ1n) is 7.10. The Balaban J connectivity index is 1.52. The summed E-state index contributed by atoms with van der Waals surface area (Å²) in [6, 6.07) is 11.9. The Morgan fingerprint density at radius 2 is 1.18 bits per heavy atom. The normalized spacial score (nSPS) is 18.3. The number of allylic oxidation sites excluding steroid dienone is 2. The molecule has 2 aliphatic rings. The van der Waals surface area contributed by atoms with Gasteiger partial charge in [-0.15, -0.1) is 0 Å². The van der Waals surface area contributed by atoms with Crippen molar-refractivity contribution in [2.75, 3.05) is 0 Å². The van der Waals surface area contributed by atoms with Gasteiger partial charge >= 0.3 is 0 Å². The van der Waals surface area contributed by atoms with Crippen molar-refractivity contribution in [3.05, 3.63) is 82.1 Å². The fourth-order valence-electron chi connectivity index (χ4n) is 2.40. The van der Waals surface area contributed by atoms with Gasteiger partial charge in [0.05, 0.1) is 0 Å². The lowest BCUT2D eigenvalue weighted by atomic mass is 10.2. The molecular weight excluding hydrogens is 276 g/mol. The van der Waals surface area contributed by atoms with E-state index >= 15 is 0 Å². The maximum Gasteiger partial charge on any atom is 0.110 e. The number of benzene rings is 2. The van der Waals surface area contributed by atoms with Gasteiger partial charge in [-0.1, -0.05) is 46.8 Å². The average Bonchev–Trinajstić information content (AvgIpc) is 3.07. The Kier molecular flexibility index (Phi) is 2.82. The summed E-state index contributed by atoms with van der Waals surface area (Å²) in [6.45, 7) is 4.06. The molecule has 0 amide bonds. The molecule has 0 aromatic heterocycles. The van der Waals surface area contributed by atoms with Gasteiger partial charge in [-0.2, -0.15) is 0 Å². The summed E-state index contributed by atoms with van der Waals surface area (Å²) in [5, 5.41) is 8.87. The first-order chi connectivity index (χ1) is 10.7. The molecule has 2 heterocycles. The minimum atomic E-state index is 0.541. The van der Waals surface area contributed by atoms with Gasteiger partial charge < -0.3 is 20.1 Å². The van der Waals surface area contributed by atoms with Crippen LogP contribution in [0, 0.1) is 13.8 Å². The topological polar surface area (TPSA) is 46.7 Å². The van der Waals surface area contributed by atoms with Crippen LogP contribution in [0.2, 0.25) is 0 Å². The Bertz CT molecular complexity index is 752. The predicted molar refractivity (Wildman–Crippen MR) is 85.8 cm³/mol. The SMILES string of the molecule is Cc1ccc2c(c1)[N-]C(=CC=C1[N-]c3cc(C)ccc3O1)O2. The van der Waals surface area contributed by atoms with Crippen LogP contribution in [0.3, 0.4) is 0 Å². The molecule has 4 rings (SSSR count). The molecule has 2 aromatic rings. The number of nitrogens with zero attached hydrogens (tertiary/aromatic N) is 2. The molecule has 4 nitrogen and oxygen atoms in total. The van der Waals surface area contributed by atoms with E-state index in [-0.39, 0.29) is 0 Å². The largest absolute Gasteiger partial charge is 0.624 e. The van der Waals surface area contributed by atoms with Gasteiger partial charge in [0.1, 0.15) is 11.5 Å². The lowest BCUT2D eigenvalue weighted by Gasteiger charge is -2.14. The molecule has 0 atom stereocenters. The van der Waals surface area contributed by atoms with Crippen LogP contribution >= 0.6 is 0 Å². The minimum Gasteiger partial charge on any atom is -0.624 e. The molecular formula is C18H14N2O2-2. The van der Waals surface area contributed by atoms with E-state index in [4.69, 9.17) is 9.47 Å². The third-order valence-electron chi connectivity index (χ3n) is 3.49. The lowest BCUT2D eigenvalue weighted by Crippen LogP contribution is -1.86. The summed E-state index contributed by atoms with van der Waals surface area (Å²) in [7, 11) is 0. The molecule has 0 saturated carbocycles. The highest BCUT2D eigenvalue weighted by Crippen LogP contribution is 2.44. The molecule has 0 N–H and O–H groups in total. The maximum atomic E-state index is 5.67. The number of ether oxygens (including phenoxy) is 2. The second kappa shape index (κ2) is 4.84. The summed E-state index contributed by atoms with van der Waals surface area (Å²) in [5.74, 6) is 2.63. The smallest absolute Gasteiger partial charge is 0.110 e. The van der Waals surface area contributed by atoms with Gasteiger partial charge in [0.25, 0.3) is 0 Å². The third-order valence-corrected chi connectivity index (χ3v) is 3.49. The average molecular weight is 290 g/mol. The van der Waals surface area contributed by atoms with E-state index in [1.54, 1.807) is 12.2 Å². The van der Waals surface area contributed by atoms with Gasteiger partial charge in [0, 0.05) is 11.8 Å². The van der Waals surface area contributed by atoms with Crippen molar-refractivity contribution < 1.29 is 9.47 Å². The van der Waals surface area contributed by atoms with Crippen LogP contribution in [-0.2, 0) is 0 Å². The summed E-state index contributed by atoms with van der Waals surface area (Å²) in [5.41, 5.74) is 4.02. The van der Waals surface area contributed by atoms with Gasteiger partial charge in [-0.05, 0) is 38.1 Å². The number of hydrogen-bond donors (Lipinski definition) is 0. The maximum absolute atomic E-state index is 5.67. The minimum absolute atomic E-state index is 0.541. The molecule has 0 fully saturated rings. The number of aryl methyl sites for hydroxylation is 2. The van der Waals surface area contributed by atoms with E-state index < -0.39 is 0 Å². The molecule has 0 spiro atoms. The molecule has 0 aliphatic carbocycles. The van der Waals surface area contributed by atoms with E-state index in [9.17, 15) is 0 Å². The molecule has 0 unspecified atom stereocenters. The van der Waals surface area contributed by atoms with Gasteiger partial charge in [-0.3, -0.25) is 0 Å². The molecule has 2 aromatic carbocycles. The van der Waals surface area contributed by atoms with Crippen LogP contribution in [-0.4, -0.2) is 0 Å². The van der Waals surface area contributed by atoms with E-state index in [0.717, 1.165) is 34.0 Å². The van der Waals surface area contributed by atoms with Gasteiger partial charge in [0.2, 0.25) is 0 Å². The quantitative estimate of drug-likeness (QED) is 0.698. The van der Waals surface area contributed by atoms with Crippen LogP contribution < -0.4 is 9.47 Å². The lowest BCUT2D eigenvalue weighted by molar-refractivity contribution is 0.454. The highest BCUT2D eigenvalue weighted by atomic mass is 16.5. The standard InChI is InChI=1S/C18H14N2O2/c1-11-3-5-15-13(9-11)19-17(21-15)7-8-18-20-14-10-12(2)4-6-16(14)22-18/h3-10H,1-2H3/q-2. The van der Waals surface area contributed by atoms with Crippen molar-refractivity contribution in [3.63, 3.8) is 0 Å². The van der Waals surface area contributed by atoms with Crippen LogP contribution in [0.5, 0.6) is 11.5 Å². The monoisotopic (exact) mass is 290 g/mol. The summed E-state index contributed by atoms with van der Waals surface area (Å²) in [6.07, 6.45) is 3.54. The zero-order valence-electron chi connectivity index (χ0n) is 12.3. The van der Waals surface area contributed by atoms with Crippen molar-refractivity contribution in [3.8, 4) is 11.5 Å². The molecule has 22 heavy (non-hydrogen) atoms. The van der Waals surface area contributed by atoms with Gasteiger partial charge in [-0.25, -0.2) is 0 Å². The van der Waals surface area contributed by atoms with E-state index in [1.807, 2.05) is 50.2 Å². The highest BCUT2D eigenvalue weighted by Gasteiger charge is 2.07. The molecule has 4 heteroatoms.